The molecule has 7 rings (SSSR count). The lowest BCUT2D eigenvalue weighted by Crippen LogP contribution is -2.56. The van der Waals surface area contributed by atoms with E-state index in [1.165, 1.54) is 0 Å². The van der Waals surface area contributed by atoms with Crippen molar-refractivity contribution in [2.75, 3.05) is 5.32 Å². The molecule has 4 aliphatic carbocycles. The lowest BCUT2D eigenvalue weighted by atomic mass is 9.52. The van der Waals surface area contributed by atoms with Crippen LogP contribution in [-0.2, 0) is 7.05 Å². The van der Waals surface area contributed by atoms with Gasteiger partial charge in [-0.25, -0.2) is 9.78 Å². The SMILES string of the molecule is Cc1cc(C#N)ccc1Nc1ncc2c(n1)n(C1C3CC4CC1CC(O)(C4)C3)c(=O)n2C. The maximum Gasteiger partial charge on any atom is 0.330 e. The summed E-state index contributed by atoms with van der Waals surface area (Å²) in [5, 5.41) is 23.3. The summed E-state index contributed by atoms with van der Waals surface area (Å²) in [7, 11) is 1.77. The van der Waals surface area contributed by atoms with Gasteiger partial charge in [-0.3, -0.25) is 9.13 Å². The van der Waals surface area contributed by atoms with E-state index in [0.29, 0.717) is 40.4 Å². The third-order valence-corrected chi connectivity index (χ3v) is 7.92. The van der Waals surface area contributed by atoms with E-state index in [9.17, 15) is 9.90 Å². The minimum Gasteiger partial charge on any atom is -0.390 e. The second kappa shape index (κ2) is 6.66. The van der Waals surface area contributed by atoms with E-state index in [1.807, 2.05) is 23.6 Å². The molecule has 0 aliphatic heterocycles. The van der Waals surface area contributed by atoms with Gasteiger partial charge in [0, 0.05) is 18.8 Å². The zero-order valence-electron chi connectivity index (χ0n) is 18.2. The Kier molecular flexibility index (Phi) is 4.06. The van der Waals surface area contributed by atoms with Crippen LogP contribution in [-0.4, -0.2) is 29.8 Å². The maximum atomic E-state index is 13.3. The number of imidazole rings is 1. The lowest BCUT2D eigenvalue weighted by Gasteiger charge is -2.58. The zero-order chi connectivity index (χ0) is 22.2. The molecular formula is C24H26N6O2. The summed E-state index contributed by atoms with van der Waals surface area (Å²) in [5.74, 6) is 1.61. The van der Waals surface area contributed by atoms with Gasteiger partial charge >= 0.3 is 5.69 Å². The Morgan fingerprint density at radius 1 is 1.25 bits per heavy atom. The third-order valence-electron chi connectivity index (χ3n) is 7.92. The lowest BCUT2D eigenvalue weighted by molar-refractivity contribution is -0.146. The Morgan fingerprint density at radius 3 is 2.66 bits per heavy atom. The van der Waals surface area contributed by atoms with Crippen LogP contribution in [0.5, 0.6) is 0 Å². The molecule has 2 N–H and O–H groups in total. The smallest absolute Gasteiger partial charge is 0.330 e. The van der Waals surface area contributed by atoms with Crippen molar-refractivity contribution in [1.29, 1.82) is 5.26 Å². The van der Waals surface area contributed by atoms with Crippen LogP contribution < -0.4 is 11.0 Å². The van der Waals surface area contributed by atoms with Crippen LogP contribution in [0.25, 0.3) is 11.2 Å². The number of aryl methyl sites for hydroxylation is 2. The van der Waals surface area contributed by atoms with Crippen molar-refractivity contribution < 1.29 is 5.11 Å². The van der Waals surface area contributed by atoms with Gasteiger partial charge in [-0.15, -0.1) is 0 Å². The summed E-state index contributed by atoms with van der Waals surface area (Å²) in [4.78, 5) is 22.6. The summed E-state index contributed by atoms with van der Waals surface area (Å²) in [6, 6.07) is 7.64. The molecule has 0 saturated heterocycles. The van der Waals surface area contributed by atoms with Crippen molar-refractivity contribution in [2.45, 2.75) is 50.7 Å². The number of aliphatic hydroxyl groups is 1. The van der Waals surface area contributed by atoms with E-state index in [-0.39, 0.29) is 11.7 Å². The normalized spacial score (nSPS) is 30.6. The van der Waals surface area contributed by atoms with E-state index in [0.717, 1.165) is 43.4 Å². The van der Waals surface area contributed by atoms with Gasteiger partial charge in [-0.2, -0.15) is 10.2 Å². The summed E-state index contributed by atoms with van der Waals surface area (Å²) in [6.07, 6.45) is 6.31. The van der Waals surface area contributed by atoms with Gasteiger partial charge in [0.15, 0.2) is 5.65 Å². The first-order valence-corrected chi connectivity index (χ1v) is 11.3. The van der Waals surface area contributed by atoms with E-state index in [2.05, 4.69) is 16.4 Å². The Balaban J connectivity index is 1.42. The number of nitrogens with one attached hydrogen (secondary N) is 1. The first-order chi connectivity index (χ1) is 15.3. The molecule has 4 fully saturated rings. The molecular weight excluding hydrogens is 404 g/mol. The van der Waals surface area contributed by atoms with E-state index in [4.69, 9.17) is 10.2 Å². The topological polar surface area (TPSA) is 109 Å². The minimum absolute atomic E-state index is 0.0644. The van der Waals surface area contributed by atoms with Crippen molar-refractivity contribution >= 4 is 22.8 Å². The van der Waals surface area contributed by atoms with Gasteiger partial charge in [0.25, 0.3) is 0 Å². The van der Waals surface area contributed by atoms with Crippen LogP contribution in [0, 0.1) is 36.0 Å². The molecule has 0 radical (unpaired) electrons. The highest BCUT2D eigenvalue weighted by Crippen LogP contribution is 2.59. The number of hydrogen-bond acceptors (Lipinski definition) is 6. The van der Waals surface area contributed by atoms with Crippen LogP contribution in [0.1, 0.15) is 49.3 Å². The van der Waals surface area contributed by atoms with Gasteiger partial charge in [0.1, 0.15) is 5.52 Å². The number of nitriles is 1. The highest BCUT2D eigenvalue weighted by molar-refractivity contribution is 5.73. The molecule has 2 atom stereocenters. The van der Waals surface area contributed by atoms with Gasteiger partial charge < -0.3 is 10.4 Å². The Bertz CT molecular complexity index is 1330. The fourth-order valence-corrected chi connectivity index (χ4v) is 6.83. The molecule has 0 spiro atoms. The number of aromatic nitrogens is 4. The molecule has 3 aromatic rings. The standard InChI is InChI=1S/C24H26N6O2/c1-13-5-14(11-25)3-4-18(13)27-22-26-12-19-21(28-22)30(23(31)29(19)2)20-16-6-15-7-17(20)10-24(32,8-15)9-16/h3-5,12,15-17,20,32H,6-10H2,1-2H3,(H,26,27,28). The van der Waals surface area contributed by atoms with Gasteiger partial charge in [-0.1, -0.05) is 0 Å². The number of fused-ring (bicyclic) bond motifs is 1. The second-order valence-corrected chi connectivity index (χ2v) is 10.1. The molecule has 2 heterocycles. The predicted molar refractivity (Wildman–Crippen MR) is 119 cm³/mol. The molecule has 8 heteroatoms. The van der Waals surface area contributed by atoms with Crippen molar-refractivity contribution in [1.82, 2.24) is 19.1 Å². The molecule has 0 amide bonds. The van der Waals surface area contributed by atoms with Crippen LogP contribution in [0.15, 0.2) is 29.2 Å². The maximum absolute atomic E-state index is 13.3. The third kappa shape index (κ3) is 2.81. The fraction of sp³-hybridized carbons (Fsp3) is 0.500. The molecule has 8 nitrogen and oxygen atoms in total. The molecule has 2 unspecified atom stereocenters. The quantitative estimate of drug-likeness (QED) is 0.661. The van der Waals surface area contributed by atoms with Crippen LogP contribution in [0.2, 0.25) is 0 Å². The summed E-state index contributed by atoms with van der Waals surface area (Å²) >= 11 is 0. The number of nitrogens with zero attached hydrogens (tertiary/aromatic N) is 5. The average molecular weight is 431 g/mol. The molecule has 32 heavy (non-hydrogen) atoms. The highest BCUT2D eigenvalue weighted by Gasteiger charge is 2.56. The van der Waals surface area contributed by atoms with Gasteiger partial charge in [0.2, 0.25) is 5.95 Å². The summed E-state index contributed by atoms with van der Waals surface area (Å²) in [5.41, 5.74) is 3.10. The van der Waals surface area contributed by atoms with Crippen molar-refractivity contribution in [2.24, 2.45) is 24.8 Å². The highest BCUT2D eigenvalue weighted by atomic mass is 16.3. The van der Waals surface area contributed by atoms with Crippen molar-refractivity contribution in [3.05, 3.63) is 46.0 Å². The second-order valence-electron chi connectivity index (χ2n) is 10.1. The zero-order valence-corrected chi connectivity index (χ0v) is 18.2. The van der Waals surface area contributed by atoms with Gasteiger partial charge in [0.05, 0.1) is 23.4 Å². The molecule has 4 saturated carbocycles. The van der Waals surface area contributed by atoms with Crippen molar-refractivity contribution in [3.8, 4) is 6.07 Å². The Hall–Kier alpha value is -3.18. The van der Waals surface area contributed by atoms with Crippen LogP contribution in [0.4, 0.5) is 11.6 Å². The number of benzene rings is 1. The minimum atomic E-state index is -0.546. The van der Waals surface area contributed by atoms with Crippen molar-refractivity contribution in [3.63, 3.8) is 0 Å². The first kappa shape index (κ1) is 19.5. The molecule has 4 aliphatic rings. The van der Waals surface area contributed by atoms with E-state index >= 15 is 0 Å². The Morgan fingerprint density at radius 2 is 2.00 bits per heavy atom. The van der Waals surface area contributed by atoms with E-state index < -0.39 is 5.60 Å². The molecule has 1 aromatic carbocycles. The summed E-state index contributed by atoms with van der Waals surface area (Å²) in [6.45, 7) is 1.93. The summed E-state index contributed by atoms with van der Waals surface area (Å²) < 4.78 is 3.51. The Labute approximate surface area is 185 Å². The van der Waals surface area contributed by atoms with Crippen LogP contribution in [0.3, 0.4) is 0 Å². The number of hydrogen-bond donors (Lipinski definition) is 2. The van der Waals surface area contributed by atoms with Gasteiger partial charge in [-0.05, 0) is 80.5 Å². The monoisotopic (exact) mass is 430 g/mol. The number of anilines is 2. The molecule has 2 aromatic heterocycles. The van der Waals surface area contributed by atoms with E-state index in [1.54, 1.807) is 23.9 Å². The average Bonchev–Trinajstić information content (AvgIpc) is 2.98. The molecule has 164 valence electrons. The fourth-order valence-electron chi connectivity index (χ4n) is 6.83. The predicted octanol–water partition coefficient (Wildman–Crippen LogP) is 3.17. The molecule has 4 bridgehead atoms. The van der Waals surface area contributed by atoms with Crippen LogP contribution >= 0.6 is 0 Å². The first-order valence-electron chi connectivity index (χ1n) is 11.3. The largest absolute Gasteiger partial charge is 0.390 e. The number of rotatable bonds is 3.